The lowest BCUT2D eigenvalue weighted by atomic mass is 9.93. The second-order valence-corrected chi connectivity index (χ2v) is 6.89. The minimum absolute atomic E-state index is 0.142. The Kier molecular flexibility index (Phi) is 5.39. The first-order valence-corrected chi connectivity index (χ1v) is 7.31. The molecule has 1 aromatic carbocycles. The lowest BCUT2D eigenvalue weighted by Gasteiger charge is -2.28. The van der Waals surface area contributed by atoms with Crippen LogP contribution in [0, 0.1) is 0 Å². The molecular formula is C15H20BrNO4. The molecule has 0 aromatic heterocycles. The molecule has 0 fully saturated rings. The lowest BCUT2D eigenvalue weighted by Crippen LogP contribution is -2.54. The molecule has 0 spiro atoms. The van der Waals surface area contributed by atoms with E-state index in [1.807, 2.05) is 24.3 Å². The van der Waals surface area contributed by atoms with E-state index in [0.29, 0.717) is 0 Å². The molecule has 1 amide bonds. The number of ether oxygens (including phenoxy) is 1. The van der Waals surface area contributed by atoms with Crippen LogP contribution in [0.15, 0.2) is 28.7 Å². The normalized spacial score (nSPS) is 14.1. The van der Waals surface area contributed by atoms with Crippen molar-refractivity contribution < 1.29 is 19.4 Å². The van der Waals surface area contributed by atoms with Gasteiger partial charge < -0.3 is 15.2 Å². The van der Waals surface area contributed by atoms with Gasteiger partial charge in [-0.2, -0.15) is 0 Å². The summed E-state index contributed by atoms with van der Waals surface area (Å²) in [4.78, 5) is 23.4. The summed E-state index contributed by atoms with van der Waals surface area (Å²) < 4.78 is 5.92. The van der Waals surface area contributed by atoms with Gasteiger partial charge in [0.1, 0.15) is 11.1 Å². The molecule has 6 heteroatoms. The Labute approximate surface area is 132 Å². The van der Waals surface area contributed by atoms with E-state index in [4.69, 9.17) is 4.74 Å². The summed E-state index contributed by atoms with van der Waals surface area (Å²) in [5.74, 6) is -1.12. The molecule has 0 radical (unpaired) electrons. The molecule has 0 aliphatic carbocycles. The Morgan fingerprint density at radius 3 is 2.29 bits per heavy atom. The first-order chi connectivity index (χ1) is 9.53. The van der Waals surface area contributed by atoms with E-state index in [1.165, 1.54) is 6.92 Å². The molecule has 1 unspecified atom stereocenters. The summed E-state index contributed by atoms with van der Waals surface area (Å²) in [5.41, 5.74) is -1.35. The van der Waals surface area contributed by atoms with Crippen LogP contribution in [0.25, 0.3) is 0 Å². The van der Waals surface area contributed by atoms with Gasteiger partial charge in [-0.05, 0) is 39.3 Å². The number of carboxylic acid groups (broad SMARTS) is 1. The Hall–Kier alpha value is -1.56. The van der Waals surface area contributed by atoms with Gasteiger partial charge in [0.15, 0.2) is 0 Å². The van der Waals surface area contributed by atoms with Crippen LogP contribution in [-0.2, 0) is 16.0 Å². The van der Waals surface area contributed by atoms with Crippen molar-refractivity contribution in [2.24, 2.45) is 0 Å². The Bertz CT molecular complexity index is 539. The van der Waals surface area contributed by atoms with E-state index < -0.39 is 23.2 Å². The number of carbonyl (C=O) groups excluding carboxylic acids is 1. The van der Waals surface area contributed by atoms with E-state index in [2.05, 4.69) is 21.2 Å². The summed E-state index contributed by atoms with van der Waals surface area (Å²) in [6, 6.07) is 7.29. The number of hydrogen-bond donors (Lipinski definition) is 2. The fourth-order valence-electron chi connectivity index (χ4n) is 1.72. The smallest absolute Gasteiger partial charge is 0.408 e. The van der Waals surface area contributed by atoms with Crippen molar-refractivity contribution in [3.05, 3.63) is 34.3 Å². The van der Waals surface area contributed by atoms with E-state index in [9.17, 15) is 14.7 Å². The molecular weight excluding hydrogens is 338 g/mol. The minimum atomic E-state index is -1.45. The van der Waals surface area contributed by atoms with Crippen molar-refractivity contribution in [1.82, 2.24) is 5.32 Å². The standard InChI is InChI=1S/C15H20BrNO4/c1-14(2,3)21-13(20)17-15(4,12(18)19)9-10-7-5-6-8-11(10)16/h5-8H,9H2,1-4H3,(H,17,20)(H,18,19). The molecule has 1 aromatic rings. The molecule has 0 saturated heterocycles. The second-order valence-electron chi connectivity index (χ2n) is 6.03. The molecule has 5 nitrogen and oxygen atoms in total. The van der Waals surface area contributed by atoms with Crippen LogP contribution in [0.1, 0.15) is 33.3 Å². The average Bonchev–Trinajstić information content (AvgIpc) is 2.29. The van der Waals surface area contributed by atoms with Crippen molar-refractivity contribution >= 4 is 28.0 Å². The van der Waals surface area contributed by atoms with Crippen LogP contribution in [-0.4, -0.2) is 28.3 Å². The lowest BCUT2D eigenvalue weighted by molar-refractivity contribution is -0.144. The molecule has 0 aliphatic heterocycles. The largest absolute Gasteiger partial charge is 0.480 e. The number of nitrogens with one attached hydrogen (secondary N) is 1. The third-order valence-electron chi connectivity index (χ3n) is 2.75. The topological polar surface area (TPSA) is 75.6 Å². The number of halogens is 1. The summed E-state index contributed by atoms with van der Waals surface area (Å²) in [6.07, 6.45) is -0.609. The second kappa shape index (κ2) is 6.47. The van der Waals surface area contributed by atoms with Gasteiger partial charge in [0, 0.05) is 10.9 Å². The highest BCUT2D eigenvalue weighted by molar-refractivity contribution is 9.10. The van der Waals surface area contributed by atoms with E-state index in [0.717, 1.165) is 10.0 Å². The zero-order chi connectivity index (χ0) is 16.3. The van der Waals surface area contributed by atoms with Crippen LogP contribution >= 0.6 is 15.9 Å². The van der Waals surface area contributed by atoms with Crippen LogP contribution in [0.4, 0.5) is 4.79 Å². The first-order valence-electron chi connectivity index (χ1n) is 6.51. The molecule has 0 saturated carbocycles. The molecule has 21 heavy (non-hydrogen) atoms. The number of carboxylic acids is 1. The monoisotopic (exact) mass is 357 g/mol. The fraction of sp³-hybridized carbons (Fsp3) is 0.467. The van der Waals surface area contributed by atoms with E-state index in [-0.39, 0.29) is 6.42 Å². The summed E-state index contributed by atoms with van der Waals surface area (Å²) in [6.45, 7) is 6.62. The number of carbonyl (C=O) groups is 2. The molecule has 0 heterocycles. The first kappa shape index (κ1) is 17.5. The van der Waals surface area contributed by atoms with Crippen molar-refractivity contribution in [3.63, 3.8) is 0 Å². The van der Waals surface area contributed by atoms with Gasteiger partial charge in [-0.3, -0.25) is 0 Å². The molecule has 0 aliphatic rings. The number of alkyl carbamates (subject to hydrolysis) is 1. The van der Waals surface area contributed by atoms with Gasteiger partial charge in [-0.1, -0.05) is 34.1 Å². The molecule has 1 rings (SSSR count). The van der Waals surface area contributed by atoms with E-state index >= 15 is 0 Å². The van der Waals surface area contributed by atoms with Crippen molar-refractivity contribution in [2.75, 3.05) is 0 Å². The van der Waals surface area contributed by atoms with Gasteiger partial charge in [-0.15, -0.1) is 0 Å². The SMILES string of the molecule is CC(C)(C)OC(=O)NC(C)(Cc1ccccc1Br)C(=O)O. The van der Waals surface area contributed by atoms with Gasteiger partial charge in [0.25, 0.3) is 0 Å². The maximum atomic E-state index is 11.8. The molecule has 1 atom stereocenters. The van der Waals surface area contributed by atoms with Crippen molar-refractivity contribution in [3.8, 4) is 0 Å². The molecule has 0 bridgehead atoms. The van der Waals surface area contributed by atoms with Crippen LogP contribution in [0.3, 0.4) is 0 Å². The van der Waals surface area contributed by atoms with Gasteiger partial charge in [-0.25, -0.2) is 9.59 Å². The highest BCUT2D eigenvalue weighted by Crippen LogP contribution is 2.22. The van der Waals surface area contributed by atoms with Crippen LogP contribution < -0.4 is 5.32 Å². The number of hydrogen-bond acceptors (Lipinski definition) is 3. The third kappa shape index (κ3) is 5.38. The highest BCUT2D eigenvalue weighted by atomic mass is 79.9. The number of aliphatic carboxylic acids is 1. The van der Waals surface area contributed by atoms with Gasteiger partial charge in [0.05, 0.1) is 0 Å². The minimum Gasteiger partial charge on any atom is -0.480 e. The number of amides is 1. The quantitative estimate of drug-likeness (QED) is 0.866. The number of rotatable bonds is 4. The van der Waals surface area contributed by atoms with E-state index in [1.54, 1.807) is 20.8 Å². The van der Waals surface area contributed by atoms with Crippen LogP contribution in [0.5, 0.6) is 0 Å². The predicted molar refractivity (Wildman–Crippen MR) is 83.3 cm³/mol. The van der Waals surface area contributed by atoms with Crippen molar-refractivity contribution in [2.45, 2.75) is 45.3 Å². The van der Waals surface area contributed by atoms with Gasteiger partial charge >= 0.3 is 12.1 Å². The number of benzene rings is 1. The maximum absolute atomic E-state index is 11.8. The zero-order valence-electron chi connectivity index (χ0n) is 12.6. The zero-order valence-corrected chi connectivity index (χ0v) is 14.2. The summed E-state index contributed by atoms with van der Waals surface area (Å²) in [5, 5.41) is 11.9. The average molecular weight is 358 g/mol. The summed E-state index contributed by atoms with van der Waals surface area (Å²) >= 11 is 3.38. The predicted octanol–water partition coefficient (Wildman–Crippen LogP) is 3.36. The van der Waals surface area contributed by atoms with Crippen LogP contribution in [0.2, 0.25) is 0 Å². The van der Waals surface area contributed by atoms with Crippen molar-refractivity contribution in [1.29, 1.82) is 0 Å². The third-order valence-corrected chi connectivity index (χ3v) is 3.52. The maximum Gasteiger partial charge on any atom is 0.408 e. The molecule has 116 valence electrons. The Morgan fingerprint density at radius 2 is 1.81 bits per heavy atom. The Morgan fingerprint density at radius 1 is 1.24 bits per heavy atom. The van der Waals surface area contributed by atoms with Gasteiger partial charge in [0.2, 0.25) is 0 Å². The summed E-state index contributed by atoms with van der Waals surface area (Å²) in [7, 11) is 0. The fourth-order valence-corrected chi connectivity index (χ4v) is 2.15. The molecule has 2 N–H and O–H groups in total. The highest BCUT2D eigenvalue weighted by Gasteiger charge is 2.37. The Balaban J connectivity index is 2.92.